The smallest absolute Gasteiger partial charge is 0.332 e. The summed E-state index contributed by atoms with van der Waals surface area (Å²) in [6.45, 7) is 6.33. The van der Waals surface area contributed by atoms with Crippen LogP contribution in [-0.2, 0) is 4.79 Å². The molecule has 0 aliphatic carbocycles. The molecular weight excluding hydrogens is 238 g/mol. The van der Waals surface area contributed by atoms with Crippen LogP contribution in [0.4, 0.5) is 4.79 Å². The van der Waals surface area contributed by atoms with E-state index in [9.17, 15) is 9.59 Å². The zero-order chi connectivity index (χ0) is 13.5. The van der Waals surface area contributed by atoms with Crippen LogP contribution in [0.15, 0.2) is 0 Å². The van der Waals surface area contributed by atoms with Gasteiger partial charge < -0.3 is 25.3 Å². The molecule has 0 bridgehead atoms. The fourth-order valence-electron chi connectivity index (χ4n) is 1.82. The summed E-state index contributed by atoms with van der Waals surface area (Å²) in [5, 5.41) is 20.1. The van der Waals surface area contributed by atoms with Crippen molar-refractivity contribution in [2.45, 2.75) is 19.4 Å². The molecule has 0 saturated carbocycles. The number of aliphatic carboxylic acids is 1. The number of nitrogens with zero attached hydrogens (tertiary/aromatic N) is 2. The Kier molecular flexibility index (Phi) is 5.87. The van der Waals surface area contributed by atoms with Gasteiger partial charge in [-0.2, -0.15) is 0 Å². The van der Waals surface area contributed by atoms with Crippen molar-refractivity contribution in [2.75, 3.05) is 39.3 Å². The lowest BCUT2D eigenvalue weighted by Gasteiger charge is -2.34. The third-order valence-corrected chi connectivity index (χ3v) is 3.09. The number of piperazine rings is 1. The average Bonchev–Trinajstić information content (AvgIpc) is 2.38. The molecule has 2 amide bonds. The number of amides is 2. The largest absolute Gasteiger partial charge is 0.479 e. The molecule has 0 aromatic carbocycles. The lowest BCUT2D eigenvalue weighted by atomic mass is 10.2. The molecule has 3 N–H and O–H groups in total. The monoisotopic (exact) mass is 259 g/mol. The predicted octanol–water partition coefficient (Wildman–Crippen LogP) is -0.831. The first-order valence-electron chi connectivity index (χ1n) is 6.20. The van der Waals surface area contributed by atoms with Gasteiger partial charge in [0.25, 0.3) is 0 Å². The van der Waals surface area contributed by atoms with Gasteiger partial charge in [-0.1, -0.05) is 6.92 Å². The molecule has 7 heteroatoms. The van der Waals surface area contributed by atoms with Crippen molar-refractivity contribution < 1.29 is 19.8 Å². The second-order valence-corrected chi connectivity index (χ2v) is 4.30. The normalized spacial score (nSPS) is 18.4. The minimum atomic E-state index is -1.41. The van der Waals surface area contributed by atoms with Crippen LogP contribution in [0.2, 0.25) is 0 Å². The molecule has 1 aliphatic heterocycles. The van der Waals surface area contributed by atoms with Crippen LogP contribution in [0.1, 0.15) is 13.3 Å². The van der Waals surface area contributed by atoms with Crippen LogP contribution in [-0.4, -0.2) is 77.4 Å². The number of carbonyl (C=O) groups is 2. The molecule has 0 aromatic rings. The molecule has 104 valence electrons. The summed E-state index contributed by atoms with van der Waals surface area (Å²) in [5.41, 5.74) is 0. The van der Waals surface area contributed by atoms with Crippen molar-refractivity contribution in [2.24, 2.45) is 0 Å². The fraction of sp³-hybridized carbons (Fsp3) is 0.818. The highest BCUT2D eigenvalue weighted by molar-refractivity contribution is 5.74. The van der Waals surface area contributed by atoms with E-state index in [1.165, 1.54) is 0 Å². The number of hydrogen-bond acceptors (Lipinski definition) is 4. The Bertz CT molecular complexity index is 290. The standard InChI is InChI=1S/C11H21N3O4/c1-2-13-5-7-14(8-6-13)11(18)12-4-3-9(15)10(16)17/h9,15H,2-8H2,1H3,(H,12,18)(H,16,17). The molecule has 1 saturated heterocycles. The number of carbonyl (C=O) groups excluding carboxylic acids is 1. The summed E-state index contributed by atoms with van der Waals surface area (Å²) in [7, 11) is 0. The minimum absolute atomic E-state index is 0.0238. The van der Waals surface area contributed by atoms with Crippen molar-refractivity contribution in [3.63, 3.8) is 0 Å². The highest BCUT2D eigenvalue weighted by Crippen LogP contribution is 2.01. The van der Waals surface area contributed by atoms with Crippen molar-refractivity contribution in [3.8, 4) is 0 Å². The number of aliphatic hydroxyl groups is 1. The maximum Gasteiger partial charge on any atom is 0.332 e. The number of urea groups is 1. The Labute approximate surface area is 106 Å². The summed E-state index contributed by atoms with van der Waals surface area (Å²) < 4.78 is 0. The third kappa shape index (κ3) is 4.50. The van der Waals surface area contributed by atoms with Gasteiger partial charge in [-0.15, -0.1) is 0 Å². The van der Waals surface area contributed by atoms with Crippen molar-refractivity contribution in [1.29, 1.82) is 0 Å². The molecule has 0 spiro atoms. The SMILES string of the molecule is CCN1CCN(C(=O)NCCC(O)C(=O)O)CC1. The van der Waals surface area contributed by atoms with Gasteiger partial charge in [-0.25, -0.2) is 9.59 Å². The Balaban J connectivity index is 2.19. The molecule has 1 rings (SSSR count). The van der Waals surface area contributed by atoms with Crippen molar-refractivity contribution >= 4 is 12.0 Å². The molecule has 0 aromatic heterocycles. The molecule has 7 nitrogen and oxygen atoms in total. The summed E-state index contributed by atoms with van der Waals surface area (Å²) in [5.74, 6) is -1.26. The molecule has 18 heavy (non-hydrogen) atoms. The molecule has 0 radical (unpaired) electrons. The maximum absolute atomic E-state index is 11.7. The summed E-state index contributed by atoms with van der Waals surface area (Å²) >= 11 is 0. The second-order valence-electron chi connectivity index (χ2n) is 4.30. The third-order valence-electron chi connectivity index (χ3n) is 3.09. The van der Waals surface area contributed by atoms with Gasteiger partial charge in [0.05, 0.1) is 0 Å². The van der Waals surface area contributed by atoms with E-state index in [4.69, 9.17) is 10.2 Å². The molecule has 1 aliphatic rings. The first-order valence-corrected chi connectivity index (χ1v) is 6.20. The van der Waals surface area contributed by atoms with Crippen LogP contribution in [0, 0.1) is 0 Å². The van der Waals surface area contributed by atoms with Gasteiger partial charge in [-0.3, -0.25) is 0 Å². The lowest BCUT2D eigenvalue weighted by molar-refractivity contribution is -0.146. The molecule has 1 unspecified atom stereocenters. The number of rotatable bonds is 5. The van der Waals surface area contributed by atoms with E-state index >= 15 is 0 Å². The van der Waals surface area contributed by atoms with E-state index in [2.05, 4.69) is 17.1 Å². The van der Waals surface area contributed by atoms with E-state index in [1.807, 2.05) is 0 Å². The van der Waals surface area contributed by atoms with Gasteiger partial charge in [0.1, 0.15) is 0 Å². The van der Waals surface area contributed by atoms with Gasteiger partial charge in [0.2, 0.25) is 0 Å². The fourth-order valence-corrected chi connectivity index (χ4v) is 1.82. The zero-order valence-corrected chi connectivity index (χ0v) is 10.6. The Morgan fingerprint density at radius 3 is 2.39 bits per heavy atom. The van der Waals surface area contributed by atoms with E-state index < -0.39 is 12.1 Å². The van der Waals surface area contributed by atoms with Crippen LogP contribution in [0.25, 0.3) is 0 Å². The average molecular weight is 259 g/mol. The molecule has 1 fully saturated rings. The van der Waals surface area contributed by atoms with E-state index in [-0.39, 0.29) is 19.0 Å². The number of aliphatic hydroxyl groups excluding tert-OH is 1. The molecular formula is C11H21N3O4. The number of nitrogens with one attached hydrogen (secondary N) is 1. The highest BCUT2D eigenvalue weighted by atomic mass is 16.4. The van der Waals surface area contributed by atoms with Crippen LogP contribution in [0.3, 0.4) is 0 Å². The van der Waals surface area contributed by atoms with Gasteiger partial charge >= 0.3 is 12.0 Å². The predicted molar refractivity (Wildman–Crippen MR) is 65.3 cm³/mol. The second kappa shape index (κ2) is 7.17. The van der Waals surface area contributed by atoms with Gasteiger partial charge in [0.15, 0.2) is 6.10 Å². The van der Waals surface area contributed by atoms with Crippen LogP contribution in [0.5, 0.6) is 0 Å². The summed E-state index contributed by atoms with van der Waals surface area (Å²) in [6.07, 6.45) is -1.39. The Morgan fingerprint density at radius 2 is 1.89 bits per heavy atom. The Morgan fingerprint density at radius 1 is 1.28 bits per heavy atom. The zero-order valence-electron chi connectivity index (χ0n) is 10.6. The minimum Gasteiger partial charge on any atom is -0.479 e. The quantitative estimate of drug-likeness (QED) is 0.599. The summed E-state index contributed by atoms with van der Waals surface area (Å²) in [4.78, 5) is 26.0. The van der Waals surface area contributed by atoms with Crippen molar-refractivity contribution in [1.82, 2.24) is 15.1 Å². The van der Waals surface area contributed by atoms with Crippen molar-refractivity contribution in [3.05, 3.63) is 0 Å². The molecule has 1 heterocycles. The van der Waals surface area contributed by atoms with E-state index in [0.29, 0.717) is 13.1 Å². The van der Waals surface area contributed by atoms with E-state index in [0.717, 1.165) is 19.6 Å². The number of carboxylic acid groups (broad SMARTS) is 1. The topological polar surface area (TPSA) is 93.1 Å². The van der Waals surface area contributed by atoms with Crippen LogP contribution >= 0.6 is 0 Å². The Hall–Kier alpha value is -1.34. The summed E-state index contributed by atoms with van der Waals surface area (Å²) in [6, 6.07) is -0.191. The highest BCUT2D eigenvalue weighted by Gasteiger charge is 2.20. The first-order chi connectivity index (χ1) is 8.54. The number of likely N-dealkylation sites (N-methyl/N-ethyl adjacent to an activating group) is 1. The molecule has 1 atom stereocenters. The van der Waals surface area contributed by atoms with Crippen LogP contribution < -0.4 is 5.32 Å². The number of hydrogen-bond donors (Lipinski definition) is 3. The van der Waals surface area contributed by atoms with Gasteiger partial charge in [0, 0.05) is 39.1 Å². The number of carboxylic acids is 1. The maximum atomic E-state index is 11.7. The van der Waals surface area contributed by atoms with Gasteiger partial charge in [-0.05, 0) is 6.54 Å². The first kappa shape index (κ1) is 14.7. The lowest BCUT2D eigenvalue weighted by Crippen LogP contribution is -2.51. The van der Waals surface area contributed by atoms with E-state index in [1.54, 1.807) is 4.90 Å².